The van der Waals surface area contributed by atoms with E-state index in [1.807, 2.05) is 0 Å². The number of esters is 1. The Bertz CT molecular complexity index is 483. The standard InChI is InChI=1S/C13H14FNO3/c1-18-13(17)10-7-9(5-6-11(10)14)15-12(16)8-3-2-4-8/h5-8H,2-4H2,1H3,(H,15,16). The quantitative estimate of drug-likeness (QED) is 0.839. The maximum absolute atomic E-state index is 13.4. The van der Waals surface area contributed by atoms with Crippen LogP contribution in [-0.4, -0.2) is 19.0 Å². The van der Waals surface area contributed by atoms with Gasteiger partial charge in [-0.25, -0.2) is 9.18 Å². The van der Waals surface area contributed by atoms with Crippen molar-refractivity contribution in [2.24, 2.45) is 5.92 Å². The van der Waals surface area contributed by atoms with E-state index in [4.69, 9.17) is 0 Å². The minimum Gasteiger partial charge on any atom is -0.465 e. The molecule has 1 amide bonds. The van der Waals surface area contributed by atoms with Crippen LogP contribution in [0.3, 0.4) is 0 Å². The van der Waals surface area contributed by atoms with Crippen LogP contribution >= 0.6 is 0 Å². The van der Waals surface area contributed by atoms with Gasteiger partial charge in [0.25, 0.3) is 0 Å². The van der Waals surface area contributed by atoms with Crippen molar-refractivity contribution < 1.29 is 18.7 Å². The predicted octanol–water partition coefficient (Wildman–Crippen LogP) is 2.35. The van der Waals surface area contributed by atoms with Crippen LogP contribution in [0, 0.1) is 11.7 Å². The van der Waals surface area contributed by atoms with Crippen LogP contribution in [0.15, 0.2) is 18.2 Å². The van der Waals surface area contributed by atoms with Gasteiger partial charge in [0, 0.05) is 11.6 Å². The highest BCUT2D eigenvalue weighted by molar-refractivity contribution is 5.95. The van der Waals surface area contributed by atoms with Gasteiger partial charge in [-0.3, -0.25) is 4.79 Å². The van der Waals surface area contributed by atoms with Gasteiger partial charge >= 0.3 is 5.97 Å². The van der Waals surface area contributed by atoms with Gasteiger partial charge in [0.2, 0.25) is 5.91 Å². The van der Waals surface area contributed by atoms with Crippen molar-refractivity contribution in [2.45, 2.75) is 19.3 Å². The molecule has 0 aliphatic heterocycles. The van der Waals surface area contributed by atoms with Gasteiger partial charge in [-0.15, -0.1) is 0 Å². The molecule has 1 fully saturated rings. The second kappa shape index (κ2) is 5.16. The number of hydrogen-bond acceptors (Lipinski definition) is 3. The van der Waals surface area contributed by atoms with Crippen LogP contribution in [0.25, 0.3) is 0 Å². The summed E-state index contributed by atoms with van der Waals surface area (Å²) >= 11 is 0. The summed E-state index contributed by atoms with van der Waals surface area (Å²) in [6.45, 7) is 0. The number of amides is 1. The first kappa shape index (κ1) is 12.5. The Hall–Kier alpha value is -1.91. The number of ether oxygens (including phenoxy) is 1. The molecule has 1 aliphatic rings. The zero-order valence-electron chi connectivity index (χ0n) is 10.0. The van der Waals surface area contributed by atoms with Gasteiger partial charge in [0.1, 0.15) is 5.82 Å². The molecule has 4 nitrogen and oxygen atoms in total. The number of nitrogens with one attached hydrogen (secondary N) is 1. The molecule has 0 atom stereocenters. The van der Waals surface area contributed by atoms with Gasteiger partial charge in [0.05, 0.1) is 12.7 Å². The third kappa shape index (κ3) is 2.50. The molecule has 0 saturated heterocycles. The third-order valence-corrected chi connectivity index (χ3v) is 3.12. The summed E-state index contributed by atoms with van der Waals surface area (Å²) in [5.74, 6) is -1.46. The molecular weight excluding hydrogens is 237 g/mol. The van der Waals surface area contributed by atoms with Crippen LogP contribution in [0.2, 0.25) is 0 Å². The monoisotopic (exact) mass is 251 g/mol. The molecule has 96 valence electrons. The van der Waals surface area contributed by atoms with E-state index in [9.17, 15) is 14.0 Å². The fourth-order valence-electron chi connectivity index (χ4n) is 1.78. The molecule has 0 aromatic heterocycles. The average Bonchev–Trinajstić information content (AvgIpc) is 2.28. The summed E-state index contributed by atoms with van der Waals surface area (Å²) in [5.41, 5.74) is 0.234. The normalized spacial score (nSPS) is 14.8. The molecule has 0 unspecified atom stereocenters. The van der Waals surface area contributed by atoms with Crippen molar-refractivity contribution in [2.75, 3.05) is 12.4 Å². The van der Waals surface area contributed by atoms with Gasteiger partial charge in [0.15, 0.2) is 0 Å². The summed E-state index contributed by atoms with van der Waals surface area (Å²) in [6.07, 6.45) is 2.84. The largest absolute Gasteiger partial charge is 0.465 e. The molecule has 1 aromatic rings. The highest BCUT2D eigenvalue weighted by Crippen LogP contribution is 2.27. The Kier molecular flexibility index (Phi) is 3.60. The van der Waals surface area contributed by atoms with Gasteiger partial charge in [-0.05, 0) is 31.0 Å². The Balaban J connectivity index is 2.13. The SMILES string of the molecule is COC(=O)c1cc(NC(=O)C2CCC2)ccc1F. The second-order valence-corrected chi connectivity index (χ2v) is 4.30. The first-order valence-electron chi connectivity index (χ1n) is 5.80. The summed E-state index contributed by atoms with van der Waals surface area (Å²) in [6, 6.07) is 3.86. The molecule has 1 aliphatic carbocycles. The van der Waals surface area contributed by atoms with E-state index in [-0.39, 0.29) is 17.4 Å². The summed E-state index contributed by atoms with van der Waals surface area (Å²) in [7, 11) is 1.18. The number of benzene rings is 1. The van der Waals surface area contributed by atoms with Gasteiger partial charge < -0.3 is 10.1 Å². The van der Waals surface area contributed by atoms with E-state index in [0.717, 1.165) is 25.3 Å². The van der Waals surface area contributed by atoms with Crippen molar-refractivity contribution in [3.63, 3.8) is 0 Å². The van der Waals surface area contributed by atoms with Gasteiger partial charge in [-0.1, -0.05) is 6.42 Å². The smallest absolute Gasteiger partial charge is 0.340 e. The number of halogens is 1. The zero-order chi connectivity index (χ0) is 13.1. The summed E-state index contributed by atoms with van der Waals surface area (Å²) < 4.78 is 17.8. The molecule has 0 heterocycles. The minimum atomic E-state index is -0.757. The lowest BCUT2D eigenvalue weighted by molar-refractivity contribution is -0.122. The molecule has 1 N–H and O–H groups in total. The second-order valence-electron chi connectivity index (χ2n) is 4.30. The lowest BCUT2D eigenvalue weighted by atomic mass is 9.85. The van der Waals surface area contributed by atoms with E-state index in [2.05, 4.69) is 10.1 Å². The van der Waals surface area contributed by atoms with Crippen molar-refractivity contribution in [3.8, 4) is 0 Å². The van der Waals surface area contributed by atoms with Crippen molar-refractivity contribution >= 4 is 17.6 Å². The molecule has 0 spiro atoms. The van der Waals surface area contributed by atoms with Crippen molar-refractivity contribution in [3.05, 3.63) is 29.6 Å². The molecule has 0 bridgehead atoms. The van der Waals surface area contributed by atoms with Gasteiger partial charge in [-0.2, -0.15) is 0 Å². The molecule has 18 heavy (non-hydrogen) atoms. The fraction of sp³-hybridized carbons (Fsp3) is 0.385. The van der Waals surface area contributed by atoms with E-state index >= 15 is 0 Å². The molecule has 2 rings (SSSR count). The highest BCUT2D eigenvalue weighted by Gasteiger charge is 2.25. The molecule has 1 saturated carbocycles. The Morgan fingerprint density at radius 3 is 2.67 bits per heavy atom. The number of rotatable bonds is 3. The number of hydrogen-bond donors (Lipinski definition) is 1. The first-order chi connectivity index (χ1) is 8.61. The summed E-state index contributed by atoms with van der Waals surface area (Å²) in [4.78, 5) is 23.0. The van der Waals surface area contributed by atoms with Crippen LogP contribution in [0.5, 0.6) is 0 Å². The van der Waals surface area contributed by atoms with E-state index in [1.54, 1.807) is 0 Å². The molecule has 0 radical (unpaired) electrons. The average molecular weight is 251 g/mol. The minimum absolute atomic E-state index is 0.0385. The fourth-order valence-corrected chi connectivity index (χ4v) is 1.78. The Labute approximate surface area is 104 Å². The van der Waals surface area contributed by atoms with E-state index in [0.29, 0.717) is 5.69 Å². The number of methoxy groups -OCH3 is 1. The number of anilines is 1. The van der Waals surface area contributed by atoms with Crippen molar-refractivity contribution in [1.29, 1.82) is 0 Å². The topological polar surface area (TPSA) is 55.4 Å². The Morgan fingerprint density at radius 1 is 1.39 bits per heavy atom. The number of carbonyl (C=O) groups excluding carboxylic acids is 2. The maximum atomic E-state index is 13.4. The lowest BCUT2D eigenvalue weighted by Gasteiger charge is -2.24. The molecular formula is C13H14FNO3. The molecule has 5 heteroatoms. The Morgan fingerprint density at radius 2 is 2.11 bits per heavy atom. The van der Waals surface area contributed by atoms with Crippen LogP contribution < -0.4 is 5.32 Å². The first-order valence-corrected chi connectivity index (χ1v) is 5.80. The summed E-state index contributed by atoms with van der Waals surface area (Å²) in [5, 5.41) is 2.68. The van der Waals surface area contributed by atoms with E-state index < -0.39 is 11.8 Å². The lowest BCUT2D eigenvalue weighted by Crippen LogP contribution is -2.28. The van der Waals surface area contributed by atoms with Crippen LogP contribution in [0.1, 0.15) is 29.6 Å². The maximum Gasteiger partial charge on any atom is 0.340 e. The predicted molar refractivity (Wildman–Crippen MR) is 63.7 cm³/mol. The van der Waals surface area contributed by atoms with Crippen LogP contribution in [-0.2, 0) is 9.53 Å². The number of carbonyl (C=O) groups is 2. The third-order valence-electron chi connectivity index (χ3n) is 3.12. The molecule has 1 aromatic carbocycles. The van der Waals surface area contributed by atoms with Crippen molar-refractivity contribution in [1.82, 2.24) is 0 Å². The van der Waals surface area contributed by atoms with Crippen LogP contribution in [0.4, 0.5) is 10.1 Å². The highest BCUT2D eigenvalue weighted by atomic mass is 19.1. The zero-order valence-corrected chi connectivity index (χ0v) is 10.0. The van der Waals surface area contributed by atoms with E-state index in [1.165, 1.54) is 19.2 Å².